The number of H-pyrrole nitrogens is 1. The van der Waals surface area contributed by atoms with E-state index < -0.39 is 0 Å². The minimum absolute atomic E-state index is 0.0590. The smallest absolute Gasteiger partial charge is 0.260 e. The average Bonchev–Trinajstić information content (AvgIpc) is 3.13. The first-order valence-corrected chi connectivity index (χ1v) is 9.51. The zero-order valence-corrected chi connectivity index (χ0v) is 15.9. The van der Waals surface area contributed by atoms with E-state index in [1.54, 1.807) is 0 Å². The normalized spacial score (nSPS) is 15.3. The van der Waals surface area contributed by atoms with Crippen molar-refractivity contribution in [2.24, 2.45) is 0 Å². The lowest BCUT2D eigenvalue weighted by atomic mass is 9.90. The molecule has 0 saturated carbocycles. The van der Waals surface area contributed by atoms with Crippen molar-refractivity contribution in [2.45, 2.75) is 32.6 Å². The van der Waals surface area contributed by atoms with Crippen LogP contribution in [0.5, 0.6) is 5.75 Å². The Morgan fingerprint density at radius 3 is 2.81 bits per heavy atom. The Hall–Kier alpha value is -2.82. The Kier molecular flexibility index (Phi) is 4.84. The number of aromatic nitrogens is 2. The molecule has 1 saturated heterocycles. The molecule has 1 fully saturated rings. The molecule has 5 heteroatoms. The van der Waals surface area contributed by atoms with Crippen LogP contribution < -0.4 is 4.74 Å². The predicted octanol–water partition coefficient (Wildman–Crippen LogP) is 3.96. The largest absolute Gasteiger partial charge is 0.484 e. The van der Waals surface area contributed by atoms with Gasteiger partial charge in [-0.15, -0.1) is 0 Å². The summed E-state index contributed by atoms with van der Waals surface area (Å²) in [6.45, 7) is 5.74. The molecule has 140 valence electrons. The van der Waals surface area contributed by atoms with Crippen molar-refractivity contribution in [1.82, 2.24) is 14.9 Å². The molecule has 5 nitrogen and oxygen atoms in total. The van der Waals surface area contributed by atoms with Crippen LogP contribution in [0.4, 0.5) is 0 Å². The molecular weight excluding hydrogens is 338 g/mol. The van der Waals surface area contributed by atoms with Crippen LogP contribution in [0.2, 0.25) is 0 Å². The highest BCUT2D eigenvalue weighted by atomic mass is 16.5. The molecule has 0 unspecified atom stereocenters. The number of nitrogens with one attached hydrogen (secondary N) is 1. The molecule has 1 aromatic carbocycles. The lowest BCUT2D eigenvalue weighted by Gasteiger charge is -2.31. The fourth-order valence-electron chi connectivity index (χ4n) is 3.77. The molecule has 0 spiro atoms. The number of ether oxygens (including phenoxy) is 1. The molecule has 1 aliphatic heterocycles. The number of hydrogen-bond acceptors (Lipinski definition) is 3. The number of benzene rings is 1. The van der Waals surface area contributed by atoms with Crippen LogP contribution >= 0.6 is 0 Å². The third-order valence-electron chi connectivity index (χ3n) is 5.59. The summed E-state index contributed by atoms with van der Waals surface area (Å²) in [4.78, 5) is 22.2. The van der Waals surface area contributed by atoms with Gasteiger partial charge in [-0.25, -0.2) is 0 Å². The zero-order chi connectivity index (χ0) is 18.8. The number of amides is 1. The number of aromatic amines is 1. The summed E-state index contributed by atoms with van der Waals surface area (Å²) < 4.78 is 5.71. The van der Waals surface area contributed by atoms with E-state index in [-0.39, 0.29) is 12.5 Å². The number of pyridine rings is 1. The van der Waals surface area contributed by atoms with Gasteiger partial charge in [0.2, 0.25) is 0 Å². The van der Waals surface area contributed by atoms with Gasteiger partial charge in [0.15, 0.2) is 6.61 Å². The number of aryl methyl sites for hydroxylation is 2. The maximum Gasteiger partial charge on any atom is 0.260 e. The quantitative estimate of drug-likeness (QED) is 0.763. The third-order valence-corrected chi connectivity index (χ3v) is 5.59. The fourth-order valence-corrected chi connectivity index (χ4v) is 3.77. The van der Waals surface area contributed by atoms with Gasteiger partial charge >= 0.3 is 0 Å². The van der Waals surface area contributed by atoms with Crippen LogP contribution in [0, 0.1) is 13.8 Å². The van der Waals surface area contributed by atoms with E-state index in [0.717, 1.165) is 42.7 Å². The van der Waals surface area contributed by atoms with Crippen molar-refractivity contribution in [3.8, 4) is 5.75 Å². The molecule has 3 heterocycles. The maximum atomic E-state index is 12.5. The van der Waals surface area contributed by atoms with Gasteiger partial charge in [0.05, 0.1) is 11.0 Å². The van der Waals surface area contributed by atoms with Gasteiger partial charge in [-0.3, -0.25) is 9.78 Å². The Balaban J connectivity index is 1.33. The lowest BCUT2D eigenvalue weighted by molar-refractivity contribution is -0.134. The summed E-state index contributed by atoms with van der Waals surface area (Å²) in [6.07, 6.45) is 5.82. The van der Waals surface area contributed by atoms with Crippen molar-refractivity contribution in [3.63, 3.8) is 0 Å². The first-order chi connectivity index (χ1) is 13.1. The predicted molar refractivity (Wildman–Crippen MR) is 106 cm³/mol. The minimum Gasteiger partial charge on any atom is -0.484 e. The molecule has 0 radical (unpaired) electrons. The summed E-state index contributed by atoms with van der Waals surface area (Å²) in [5, 5.41) is 0. The van der Waals surface area contributed by atoms with E-state index in [1.165, 1.54) is 16.7 Å². The first-order valence-electron chi connectivity index (χ1n) is 9.51. The highest BCUT2D eigenvalue weighted by Crippen LogP contribution is 2.32. The van der Waals surface area contributed by atoms with E-state index in [4.69, 9.17) is 4.74 Å². The molecule has 0 aliphatic carbocycles. The van der Waals surface area contributed by atoms with Crippen molar-refractivity contribution >= 4 is 16.9 Å². The highest BCUT2D eigenvalue weighted by Gasteiger charge is 2.26. The number of hydrogen-bond donors (Lipinski definition) is 1. The molecule has 2 aromatic heterocycles. The number of carbonyl (C=O) groups excluding carboxylic acids is 1. The van der Waals surface area contributed by atoms with E-state index in [2.05, 4.69) is 29.2 Å². The van der Waals surface area contributed by atoms with Crippen LogP contribution in [0.1, 0.15) is 35.4 Å². The minimum atomic E-state index is 0.0590. The second kappa shape index (κ2) is 7.43. The van der Waals surface area contributed by atoms with Crippen molar-refractivity contribution < 1.29 is 9.53 Å². The number of carbonyl (C=O) groups is 1. The Labute approximate surface area is 159 Å². The number of nitrogens with zero attached hydrogens (tertiary/aromatic N) is 2. The zero-order valence-electron chi connectivity index (χ0n) is 15.9. The third kappa shape index (κ3) is 3.68. The van der Waals surface area contributed by atoms with Crippen molar-refractivity contribution in [2.75, 3.05) is 19.7 Å². The van der Waals surface area contributed by atoms with Crippen LogP contribution in [0.25, 0.3) is 11.0 Å². The molecule has 1 amide bonds. The van der Waals surface area contributed by atoms with Crippen LogP contribution in [0.15, 0.2) is 42.7 Å². The average molecular weight is 363 g/mol. The Morgan fingerprint density at radius 1 is 1.22 bits per heavy atom. The monoisotopic (exact) mass is 363 g/mol. The van der Waals surface area contributed by atoms with E-state index in [0.29, 0.717) is 5.92 Å². The molecule has 1 aliphatic rings. The van der Waals surface area contributed by atoms with Crippen LogP contribution in [-0.4, -0.2) is 40.5 Å². The summed E-state index contributed by atoms with van der Waals surface area (Å²) in [7, 11) is 0. The number of piperidine rings is 1. The first kappa shape index (κ1) is 17.6. The molecule has 0 atom stereocenters. The van der Waals surface area contributed by atoms with Gasteiger partial charge in [-0.2, -0.15) is 0 Å². The van der Waals surface area contributed by atoms with Gasteiger partial charge in [-0.05, 0) is 73.6 Å². The number of likely N-dealkylation sites (tertiary alicyclic amines) is 1. The molecule has 0 bridgehead atoms. The van der Waals surface area contributed by atoms with E-state index >= 15 is 0 Å². The topological polar surface area (TPSA) is 58.2 Å². The number of fused-ring (bicyclic) bond motifs is 1. The summed E-state index contributed by atoms with van der Waals surface area (Å²) >= 11 is 0. The highest BCUT2D eigenvalue weighted by molar-refractivity contribution is 5.80. The Morgan fingerprint density at radius 2 is 2.04 bits per heavy atom. The lowest BCUT2D eigenvalue weighted by Crippen LogP contribution is -2.40. The molecule has 3 aromatic rings. The fraction of sp³-hybridized carbons (Fsp3) is 0.364. The van der Waals surface area contributed by atoms with Gasteiger partial charge in [0.1, 0.15) is 5.75 Å². The molecule has 27 heavy (non-hydrogen) atoms. The molecule has 4 rings (SSSR count). The standard InChI is InChI=1S/C22H25N3O2/c1-15-5-6-18(12-16(15)2)27-14-21(26)25-10-7-17(8-11-25)19-13-24-20-4-3-9-23-22(19)20/h3-6,9,12-13,17,24H,7-8,10-11,14H2,1-2H3. The molecule has 1 N–H and O–H groups in total. The molecular formula is C22H25N3O2. The van der Waals surface area contributed by atoms with Gasteiger partial charge in [-0.1, -0.05) is 6.07 Å². The second-order valence-corrected chi connectivity index (χ2v) is 7.33. The van der Waals surface area contributed by atoms with Crippen LogP contribution in [-0.2, 0) is 4.79 Å². The maximum absolute atomic E-state index is 12.5. The SMILES string of the molecule is Cc1ccc(OCC(=O)N2CCC(c3c[nH]c4cccnc34)CC2)cc1C. The summed E-state index contributed by atoms with van der Waals surface area (Å²) in [5.74, 6) is 1.26. The van der Waals surface area contributed by atoms with Gasteiger partial charge < -0.3 is 14.6 Å². The van der Waals surface area contributed by atoms with E-state index in [1.807, 2.05) is 42.3 Å². The van der Waals surface area contributed by atoms with Crippen molar-refractivity contribution in [3.05, 3.63) is 59.4 Å². The van der Waals surface area contributed by atoms with Gasteiger partial charge in [0, 0.05) is 25.5 Å². The number of rotatable bonds is 4. The summed E-state index contributed by atoms with van der Waals surface area (Å²) in [5.41, 5.74) is 5.80. The summed E-state index contributed by atoms with van der Waals surface area (Å²) in [6, 6.07) is 9.93. The van der Waals surface area contributed by atoms with E-state index in [9.17, 15) is 4.79 Å². The van der Waals surface area contributed by atoms with Crippen LogP contribution in [0.3, 0.4) is 0 Å². The Bertz CT molecular complexity index is 955. The second-order valence-electron chi connectivity index (χ2n) is 7.33. The van der Waals surface area contributed by atoms with Gasteiger partial charge in [0.25, 0.3) is 5.91 Å². The van der Waals surface area contributed by atoms with Crippen molar-refractivity contribution in [1.29, 1.82) is 0 Å².